The molecule has 1 saturated carbocycles. The summed E-state index contributed by atoms with van der Waals surface area (Å²) in [7, 11) is 2.16. The van der Waals surface area contributed by atoms with Crippen LogP contribution in [0.2, 0.25) is 0 Å². The molecule has 0 aliphatic heterocycles. The molecule has 2 unspecified atom stereocenters. The van der Waals surface area contributed by atoms with Crippen LogP contribution < -0.4 is 10.6 Å². The first-order chi connectivity index (χ1) is 7.09. The van der Waals surface area contributed by atoms with Gasteiger partial charge in [0.1, 0.15) is 0 Å². The van der Waals surface area contributed by atoms with Crippen molar-refractivity contribution in [3.05, 3.63) is 23.8 Å². The summed E-state index contributed by atoms with van der Waals surface area (Å²) in [5.41, 5.74) is 9.27. The molecule has 1 aliphatic rings. The topological polar surface area (TPSA) is 29.3 Å². The van der Waals surface area contributed by atoms with Crippen molar-refractivity contribution in [2.24, 2.45) is 11.8 Å². The summed E-state index contributed by atoms with van der Waals surface area (Å²) in [4.78, 5) is 2.33. The Morgan fingerprint density at radius 2 is 2.13 bits per heavy atom. The van der Waals surface area contributed by atoms with Gasteiger partial charge in [0.2, 0.25) is 0 Å². The van der Waals surface area contributed by atoms with Crippen LogP contribution in [0.25, 0.3) is 0 Å². The lowest BCUT2D eigenvalue weighted by Gasteiger charge is -2.22. The number of nitrogen functional groups attached to an aromatic ring is 1. The minimum atomic E-state index is 0.885. The Morgan fingerprint density at radius 1 is 1.47 bits per heavy atom. The van der Waals surface area contributed by atoms with Crippen LogP contribution in [0.15, 0.2) is 18.2 Å². The highest BCUT2D eigenvalue weighted by Gasteiger charge is 2.33. The zero-order chi connectivity index (χ0) is 11.0. The first-order valence-corrected chi connectivity index (χ1v) is 5.66. The fraction of sp³-hybridized carbons (Fsp3) is 0.538. The molecular formula is C13H20N2. The molecule has 0 heterocycles. The molecule has 1 aliphatic carbocycles. The van der Waals surface area contributed by atoms with Crippen LogP contribution >= 0.6 is 0 Å². The predicted molar refractivity (Wildman–Crippen MR) is 66.1 cm³/mol. The lowest BCUT2D eigenvalue weighted by atomic mass is 10.1. The third kappa shape index (κ3) is 2.09. The maximum atomic E-state index is 5.91. The molecule has 2 rings (SSSR count). The first-order valence-electron chi connectivity index (χ1n) is 5.66. The van der Waals surface area contributed by atoms with Crippen LogP contribution in [0.1, 0.15) is 18.9 Å². The van der Waals surface area contributed by atoms with Crippen LogP contribution in [0.5, 0.6) is 0 Å². The van der Waals surface area contributed by atoms with Gasteiger partial charge in [0, 0.05) is 25.0 Å². The molecule has 2 atom stereocenters. The average molecular weight is 204 g/mol. The second kappa shape index (κ2) is 3.76. The van der Waals surface area contributed by atoms with E-state index in [4.69, 9.17) is 5.73 Å². The molecule has 0 aromatic heterocycles. The number of benzene rings is 1. The van der Waals surface area contributed by atoms with Crippen LogP contribution in [-0.2, 0) is 0 Å². The van der Waals surface area contributed by atoms with E-state index in [1.807, 2.05) is 12.1 Å². The van der Waals surface area contributed by atoms with Crippen LogP contribution in [0.4, 0.5) is 11.4 Å². The van der Waals surface area contributed by atoms with Gasteiger partial charge in [-0.05, 0) is 42.9 Å². The monoisotopic (exact) mass is 204 g/mol. The molecule has 2 heteroatoms. The second-order valence-electron chi connectivity index (χ2n) is 4.84. The van der Waals surface area contributed by atoms with Crippen molar-refractivity contribution in [2.75, 3.05) is 24.2 Å². The summed E-state index contributed by atoms with van der Waals surface area (Å²) in [5.74, 6) is 1.80. The number of nitrogens with two attached hydrogens (primary N) is 1. The summed E-state index contributed by atoms with van der Waals surface area (Å²) in [6, 6.07) is 6.15. The van der Waals surface area contributed by atoms with E-state index in [-0.39, 0.29) is 0 Å². The van der Waals surface area contributed by atoms with E-state index in [0.717, 1.165) is 24.1 Å². The van der Waals surface area contributed by atoms with E-state index < -0.39 is 0 Å². The van der Waals surface area contributed by atoms with Crippen molar-refractivity contribution in [3.8, 4) is 0 Å². The number of rotatable bonds is 3. The predicted octanol–water partition coefficient (Wildman–Crippen LogP) is 2.67. The molecule has 1 aromatic rings. The molecule has 0 radical (unpaired) electrons. The van der Waals surface area contributed by atoms with Gasteiger partial charge in [0.05, 0.1) is 0 Å². The molecule has 0 spiro atoms. The van der Waals surface area contributed by atoms with Gasteiger partial charge in [-0.3, -0.25) is 0 Å². The fourth-order valence-electron chi connectivity index (χ4n) is 2.16. The Hall–Kier alpha value is -1.18. The maximum Gasteiger partial charge on any atom is 0.0414 e. The quantitative estimate of drug-likeness (QED) is 0.767. The summed E-state index contributed by atoms with van der Waals surface area (Å²) in [6.07, 6.45) is 1.38. The number of nitrogens with zero attached hydrogens (tertiary/aromatic N) is 1. The van der Waals surface area contributed by atoms with E-state index in [0.29, 0.717) is 0 Å². The van der Waals surface area contributed by atoms with Gasteiger partial charge in [0.25, 0.3) is 0 Å². The van der Waals surface area contributed by atoms with E-state index in [2.05, 4.69) is 31.9 Å². The molecule has 0 bridgehead atoms. The molecule has 2 nitrogen and oxygen atoms in total. The average Bonchev–Trinajstić information content (AvgIpc) is 2.86. The highest BCUT2D eigenvalue weighted by atomic mass is 15.1. The van der Waals surface area contributed by atoms with E-state index >= 15 is 0 Å². The lowest BCUT2D eigenvalue weighted by Crippen LogP contribution is -2.21. The van der Waals surface area contributed by atoms with Gasteiger partial charge >= 0.3 is 0 Å². The molecule has 1 aromatic carbocycles. The normalized spacial score (nSPS) is 23.9. The largest absolute Gasteiger partial charge is 0.398 e. The Kier molecular flexibility index (Phi) is 2.59. The minimum Gasteiger partial charge on any atom is -0.398 e. The Bertz CT molecular complexity index is 360. The third-order valence-corrected chi connectivity index (χ3v) is 3.54. The lowest BCUT2D eigenvalue weighted by molar-refractivity contribution is 0.724. The second-order valence-corrected chi connectivity index (χ2v) is 4.84. The molecule has 2 N–H and O–H groups in total. The Balaban J connectivity index is 2.11. The van der Waals surface area contributed by atoms with Crippen molar-refractivity contribution in [2.45, 2.75) is 20.3 Å². The Labute approximate surface area is 92.1 Å². The Morgan fingerprint density at radius 3 is 2.73 bits per heavy atom. The van der Waals surface area contributed by atoms with Crippen LogP contribution in [-0.4, -0.2) is 13.6 Å². The van der Waals surface area contributed by atoms with Crippen molar-refractivity contribution in [1.29, 1.82) is 0 Å². The third-order valence-electron chi connectivity index (χ3n) is 3.54. The number of hydrogen-bond donors (Lipinski definition) is 1. The molecule has 82 valence electrons. The fourth-order valence-corrected chi connectivity index (χ4v) is 2.16. The number of anilines is 2. The van der Waals surface area contributed by atoms with Gasteiger partial charge in [-0.2, -0.15) is 0 Å². The molecule has 0 saturated heterocycles. The molecule has 1 fully saturated rings. The van der Waals surface area contributed by atoms with Gasteiger partial charge < -0.3 is 10.6 Å². The highest BCUT2D eigenvalue weighted by molar-refractivity contribution is 5.63. The van der Waals surface area contributed by atoms with E-state index in [1.54, 1.807) is 0 Å². The molecular weight excluding hydrogens is 184 g/mol. The SMILES string of the molecule is Cc1c(N)cccc1N(C)CC1CC1C. The van der Waals surface area contributed by atoms with Gasteiger partial charge in [-0.25, -0.2) is 0 Å². The highest BCUT2D eigenvalue weighted by Crippen LogP contribution is 2.39. The van der Waals surface area contributed by atoms with Crippen molar-refractivity contribution >= 4 is 11.4 Å². The summed E-state index contributed by atoms with van der Waals surface area (Å²) in [6.45, 7) is 5.58. The summed E-state index contributed by atoms with van der Waals surface area (Å²) >= 11 is 0. The van der Waals surface area contributed by atoms with Crippen molar-refractivity contribution in [3.63, 3.8) is 0 Å². The summed E-state index contributed by atoms with van der Waals surface area (Å²) in [5, 5.41) is 0. The van der Waals surface area contributed by atoms with E-state index in [9.17, 15) is 0 Å². The van der Waals surface area contributed by atoms with Gasteiger partial charge in [-0.15, -0.1) is 0 Å². The van der Waals surface area contributed by atoms with Crippen LogP contribution in [0.3, 0.4) is 0 Å². The van der Waals surface area contributed by atoms with E-state index in [1.165, 1.54) is 17.7 Å². The summed E-state index contributed by atoms with van der Waals surface area (Å²) < 4.78 is 0. The number of hydrogen-bond acceptors (Lipinski definition) is 2. The first kappa shape index (κ1) is 10.3. The molecule has 0 amide bonds. The zero-order valence-electron chi connectivity index (χ0n) is 9.83. The minimum absolute atomic E-state index is 0.885. The van der Waals surface area contributed by atoms with Crippen LogP contribution in [0, 0.1) is 18.8 Å². The standard InChI is InChI=1S/C13H20N2/c1-9-7-11(9)8-15(3)13-6-4-5-12(14)10(13)2/h4-6,9,11H,7-8,14H2,1-3H3. The smallest absolute Gasteiger partial charge is 0.0414 e. The van der Waals surface area contributed by atoms with Crippen molar-refractivity contribution < 1.29 is 0 Å². The molecule has 15 heavy (non-hydrogen) atoms. The zero-order valence-corrected chi connectivity index (χ0v) is 9.83. The van der Waals surface area contributed by atoms with Crippen molar-refractivity contribution in [1.82, 2.24) is 0 Å². The van der Waals surface area contributed by atoms with Gasteiger partial charge in [-0.1, -0.05) is 13.0 Å². The van der Waals surface area contributed by atoms with Gasteiger partial charge in [0.15, 0.2) is 0 Å². The maximum absolute atomic E-state index is 5.91.